The number of likely N-dealkylation sites (tertiary alicyclic amines) is 1. The number of carbonyl (C=O) groups excluding carboxylic acids is 1. The highest BCUT2D eigenvalue weighted by Crippen LogP contribution is 2.13. The molecule has 0 spiro atoms. The summed E-state index contributed by atoms with van der Waals surface area (Å²) >= 11 is 0. The second-order valence-electron chi connectivity index (χ2n) is 6.70. The number of amides is 1. The second-order valence-corrected chi connectivity index (χ2v) is 6.70. The monoisotopic (exact) mass is 353 g/mol. The van der Waals surface area contributed by atoms with E-state index in [9.17, 15) is 4.79 Å². The van der Waals surface area contributed by atoms with Crippen LogP contribution < -0.4 is 10.1 Å². The molecular weight excluding hydrogens is 326 g/mol. The van der Waals surface area contributed by atoms with E-state index in [0.717, 1.165) is 50.3 Å². The summed E-state index contributed by atoms with van der Waals surface area (Å²) < 4.78 is 5.62. The lowest BCUT2D eigenvalue weighted by atomic mass is 10.0. The van der Waals surface area contributed by atoms with Crippen molar-refractivity contribution in [3.8, 4) is 5.75 Å². The molecule has 0 aliphatic carbocycles. The summed E-state index contributed by atoms with van der Waals surface area (Å²) in [6.45, 7) is 3.45. The standard InChI is InChI=1S/C21H27N3O2/c25-21(10-6-16-26-20-8-2-1-3-9-20)23-18-11-14-24(15-12-18)17-19-7-4-5-13-22-19/h1-5,7-9,13,18H,6,10-12,14-17H2,(H,23,25). The Kier molecular flexibility index (Phi) is 7.02. The maximum absolute atomic E-state index is 12.1. The van der Waals surface area contributed by atoms with Gasteiger partial charge in [0.1, 0.15) is 5.75 Å². The fourth-order valence-corrected chi connectivity index (χ4v) is 3.20. The summed E-state index contributed by atoms with van der Waals surface area (Å²) in [4.78, 5) is 18.9. The van der Waals surface area contributed by atoms with Gasteiger partial charge < -0.3 is 10.1 Å². The number of para-hydroxylation sites is 1. The zero-order chi connectivity index (χ0) is 18.0. The van der Waals surface area contributed by atoms with Crippen LogP contribution in [0.4, 0.5) is 0 Å². The maximum Gasteiger partial charge on any atom is 0.220 e. The third-order valence-corrected chi connectivity index (χ3v) is 4.62. The largest absolute Gasteiger partial charge is 0.494 e. The van der Waals surface area contributed by atoms with Crippen LogP contribution in [0.2, 0.25) is 0 Å². The first-order valence-corrected chi connectivity index (χ1v) is 9.39. The molecule has 2 heterocycles. The Balaban J connectivity index is 1.28. The number of nitrogens with zero attached hydrogens (tertiary/aromatic N) is 2. The molecule has 138 valence electrons. The SMILES string of the molecule is O=C(CCCOc1ccccc1)NC1CCN(Cc2ccccn2)CC1. The lowest BCUT2D eigenvalue weighted by molar-refractivity contribution is -0.122. The summed E-state index contributed by atoms with van der Waals surface area (Å²) in [7, 11) is 0. The summed E-state index contributed by atoms with van der Waals surface area (Å²) in [6, 6.07) is 16.0. The molecule has 0 radical (unpaired) electrons. The molecule has 0 saturated carbocycles. The quantitative estimate of drug-likeness (QED) is 0.741. The van der Waals surface area contributed by atoms with Gasteiger partial charge in [-0.2, -0.15) is 0 Å². The summed E-state index contributed by atoms with van der Waals surface area (Å²) in [5.41, 5.74) is 1.11. The fraction of sp³-hybridized carbons (Fsp3) is 0.429. The van der Waals surface area contributed by atoms with Crippen LogP contribution in [0, 0.1) is 0 Å². The summed E-state index contributed by atoms with van der Waals surface area (Å²) in [6.07, 6.45) is 5.09. The predicted octanol–water partition coefficient (Wildman–Crippen LogP) is 3.02. The lowest BCUT2D eigenvalue weighted by Gasteiger charge is -2.32. The zero-order valence-corrected chi connectivity index (χ0v) is 15.1. The van der Waals surface area contributed by atoms with Gasteiger partial charge in [0, 0.05) is 38.3 Å². The van der Waals surface area contributed by atoms with Gasteiger partial charge in [0.05, 0.1) is 12.3 Å². The minimum Gasteiger partial charge on any atom is -0.494 e. The highest BCUT2D eigenvalue weighted by atomic mass is 16.5. The Hall–Kier alpha value is -2.40. The molecule has 1 aromatic heterocycles. The summed E-state index contributed by atoms with van der Waals surface area (Å²) in [5, 5.41) is 3.17. The molecule has 26 heavy (non-hydrogen) atoms. The zero-order valence-electron chi connectivity index (χ0n) is 15.1. The molecule has 5 heteroatoms. The molecule has 5 nitrogen and oxygen atoms in total. The molecule has 1 saturated heterocycles. The number of benzene rings is 1. The predicted molar refractivity (Wildman–Crippen MR) is 102 cm³/mol. The molecule has 0 atom stereocenters. The van der Waals surface area contributed by atoms with Gasteiger partial charge in [0.2, 0.25) is 5.91 Å². The van der Waals surface area contributed by atoms with Gasteiger partial charge in [-0.15, -0.1) is 0 Å². The third kappa shape index (κ3) is 6.15. The first kappa shape index (κ1) is 18.4. The van der Waals surface area contributed by atoms with E-state index in [1.807, 2.05) is 48.7 Å². The van der Waals surface area contributed by atoms with Crippen molar-refractivity contribution >= 4 is 5.91 Å². The lowest BCUT2D eigenvalue weighted by Crippen LogP contribution is -2.44. The third-order valence-electron chi connectivity index (χ3n) is 4.62. The van der Waals surface area contributed by atoms with E-state index in [-0.39, 0.29) is 11.9 Å². The van der Waals surface area contributed by atoms with Crippen molar-refractivity contribution in [3.63, 3.8) is 0 Å². The van der Waals surface area contributed by atoms with E-state index in [1.54, 1.807) is 0 Å². The van der Waals surface area contributed by atoms with Crippen molar-refractivity contribution < 1.29 is 9.53 Å². The van der Waals surface area contributed by atoms with Crippen molar-refractivity contribution in [2.45, 2.75) is 38.3 Å². The molecule has 1 aliphatic rings. The van der Waals surface area contributed by atoms with Crippen LogP contribution in [0.1, 0.15) is 31.4 Å². The highest BCUT2D eigenvalue weighted by molar-refractivity contribution is 5.76. The van der Waals surface area contributed by atoms with Crippen molar-refractivity contribution in [1.29, 1.82) is 0 Å². The number of carbonyl (C=O) groups is 1. The van der Waals surface area contributed by atoms with Gasteiger partial charge in [0.15, 0.2) is 0 Å². The van der Waals surface area contributed by atoms with E-state index in [4.69, 9.17) is 4.74 Å². The van der Waals surface area contributed by atoms with Crippen LogP contribution in [0.5, 0.6) is 5.75 Å². The normalized spacial score (nSPS) is 15.5. The topological polar surface area (TPSA) is 54.5 Å². The molecule has 1 fully saturated rings. The molecule has 1 aromatic carbocycles. The number of ether oxygens (including phenoxy) is 1. The average molecular weight is 353 g/mol. The van der Waals surface area contributed by atoms with Gasteiger partial charge >= 0.3 is 0 Å². The number of piperidine rings is 1. The van der Waals surface area contributed by atoms with Gasteiger partial charge in [0.25, 0.3) is 0 Å². The van der Waals surface area contributed by atoms with E-state index in [1.165, 1.54) is 0 Å². The second kappa shape index (κ2) is 9.92. The molecule has 1 aliphatic heterocycles. The highest BCUT2D eigenvalue weighted by Gasteiger charge is 2.20. The Morgan fingerprint density at radius 3 is 2.62 bits per heavy atom. The molecule has 0 unspecified atom stereocenters. The first-order chi connectivity index (χ1) is 12.8. The van der Waals surface area contributed by atoms with Crippen LogP contribution >= 0.6 is 0 Å². The number of hydrogen-bond acceptors (Lipinski definition) is 4. The molecular formula is C21H27N3O2. The molecule has 1 N–H and O–H groups in total. The van der Waals surface area contributed by atoms with E-state index in [2.05, 4.69) is 21.3 Å². The first-order valence-electron chi connectivity index (χ1n) is 9.39. The minimum atomic E-state index is 0.129. The van der Waals surface area contributed by atoms with Crippen LogP contribution in [0.15, 0.2) is 54.7 Å². The maximum atomic E-state index is 12.1. The van der Waals surface area contributed by atoms with Crippen molar-refractivity contribution in [2.75, 3.05) is 19.7 Å². The van der Waals surface area contributed by atoms with Crippen LogP contribution in [-0.2, 0) is 11.3 Å². The minimum absolute atomic E-state index is 0.129. The Bertz CT molecular complexity index is 655. The van der Waals surface area contributed by atoms with E-state index >= 15 is 0 Å². The molecule has 3 rings (SSSR count). The molecule has 2 aromatic rings. The van der Waals surface area contributed by atoms with E-state index < -0.39 is 0 Å². The molecule has 0 bridgehead atoms. The number of hydrogen-bond donors (Lipinski definition) is 1. The fourth-order valence-electron chi connectivity index (χ4n) is 3.20. The number of rotatable bonds is 8. The smallest absolute Gasteiger partial charge is 0.220 e. The Labute approximate surface area is 155 Å². The van der Waals surface area contributed by atoms with Crippen LogP contribution in [0.25, 0.3) is 0 Å². The van der Waals surface area contributed by atoms with Crippen molar-refractivity contribution in [2.24, 2.45) is 0 Å². The van der Waals surface area contributed by atoms with Gasteiger partial charge in [-0.05, 0) is 43.5 Å². The Morgan fingerprint density at radius 2 is 1.88 bits per heavy atom. The van der Waals surface area contributed by atoms with Crippen LogP contribution in [-0.4, -0.2) is 41.5 Å². The molecule has 1 amide bonds. The number of nitrogens with one attached hydrogen (secondary N) is 1. The van der Waals surface area contributed by atoms with Gasteiger partial charge in [-0.1, -0.05) is 24.3 Å². The van der Waals surface area contributed by atoms with Gasteiger partial charge in [-0.3, -0.25) is 14.7 Å². The Morgan fingerprint density at radius 1 is 1.12 bits per heavy atom. The van der Waals surface area contributed by atoms with E-state index in [0.29, 0.717) is 13.0 Å². The van der Waals surface area contributed by atoms with Crippen molar-refractivity contribution in [1.82, 2.24) is 15.2 Å². The van der Waals surface area contributed by atoms with Crippen molar-refractivity contribution in [3.05, 3.63) is 60.4 Å². The average Bonchev–Trinajstić information content (AvgIpc) is 2.68. The summed E-state index contributed by atoms with van der Waals surface area (Å²) in [5.74, 6) is 0.984. The van der Waals surface area contributed by atoms with Crippen LogP contribution in [0.3, 0.4) is 0 Å². The van der Waals surface area contributed by atoms with Gasteiger partial charge in [-0.25, -0.2) is 0 Å². The number of pyridine rings is 1. The number of aromatic nitrogens is 1.